The molecular formula is C22H26FN3O3. The number of hydrogen-bond donors (Lipinski definition) is 2. The molecule has 0 aromatic heterocycles. The number of nitrogens with zero attached hydrogens (tertiary/aromatic N) is 1. The Morgan fingerprint density at radius 1 is 1.10 bits per heavy atom. The maximum atomic E-state index is 12.9. The van der Waals surface area contributed by atoms with Gasteiger partial charge < -0.3 is 15.0 Å². The average Bonchev–Trinajstić information content (AvgIpc) is 2.70. The van der Waals surface area contributed by atoms with Crippen molar-refractivity contribution in [3.05, 3.63) is 59.9 Å². The van der Waals surface area contributed by atoms with Gasteiger partial charge in [0.25, 0.3) is 5.91 Å². The zero-order chi connectivity index (χ0) is 20.8. The van der Waals surface area contributed by atoms with Gasteiger partial charge in [0.15, 0.2) is 0 Å². The quantitative estimate of drug-likeness (QED) is 0.791. The Balaban J connectivity index is 1.52. The number of nitrogens with one attached hydrogen (secondary N) is 2. The molecule has 0 radical (unpaired) electrons. The summed E-state index contributed by atoms with van der Waals surface area (Å²) in [6, 6.07) is 12.9. The van der Waals surface area contributed by atoms with Gasteiger partial charge in [0.2, 0.25) is 0 Å². The zero-order valence-electron chi connectivity index (χ0n) is 16.7. The molecule has 0 bridgehead atoms. The van der Waals surface area contributed by atoms with Gasteiger partial charge in [-0.15, -0.1) is 0 Å². The molecule has 7 heteroatoms. The van der Waals surface area contributed by atoms with Crippen molar-refractivity contribution in [1.29, 1.82) is 0 Å². The lowest BCUT2D eigenvalue weighted by atomic mass is 9.92. The van der Waals surface area contributed by atoms with Crippen LogP contribution in [0, 0.1) is 5.82 Å². The van der Waals surface area contributed by atoms with E-state index in [0.717, 1.165) is 24.9 Å². The van der Waals surface area contributed by atoms with Crippen molar-refractivity contribution in [3.63, 3.8) is 0 Å². The molecule has 2 atom stereocenters. The van der Waals surface area contributed by atoms with E-state index in [1.165, 1.54) is 24.3 Å². The standard InChI is InChI=1S/C22H26FN3O3/c1-26(2)19-7-3-5-15(13-19)21(27)24-18-6-4-8-20(14-18)29-22(28)25-17-11-9-16(23)10-12-17/h3,5,7,9-13,18,20H,4,6,8,14H2,1-2H3,(H,24,27)(H,25,28). The largest absolute Gasteiger partial charge is 0.446 e. The van der Waals surface area contributed by atoms with Crippen LogP contribution in [0.25, 0.3) is 0 Å². The van der Waals surface area contributed by atoms with E-state index in [4.69, 9.17) is 4.74 Å². The number of ether oxygens (including phenoxy) is 1. The van der Waals surface area contributed by atoms with E-state index in [0.29, 0.717) is 17.7 Å². The molecule has 0 spiro atoms. The third-order valence-electron chi connectivity index (χ3n) is 4.95. The lowest BCUT2D eigenvalue weighted by Gasteiger charge is -2.29. The number of carbonyl (C=O) groups is 2. The Hall–Kier alpha value is -3.09. The van der Waals surface area contributed by atoms with E-state index in [1.54, 1.807) is 6.07 Å². The van der Waals surface area contributed by atoms with Crippen LogP contribution in [0.15, 0.2) is 48.5 Å². The van der Waals surface area contributed by atoms with Crippen LogP contribution in [0.5, 0.6) is 0 Å². The van der Waals surface area contributed by atoms with Gasteiger partial charge in [0.1, 0.15) is 11.9 Å². The maximum Gasteiger partial charge on any atom is 0.411 e. The van der Waals surface area contributed by atoms with Crippen molar-refractivity contribution in [2.45, 2.75) is 37.8 Å². The molecule has 2 N–H and O–H groups in total. The van der Waals surface area contributed by atoms with Crippen molar-refractivity contribution in [2.24, 2.45) is 0 Å². The maximum absolute atomic E-state index is 12.9. The third-order valence-corrected chi connectivity index (χ3v) is 4.95. The van der Waals surface area contributed by atoms with Crippen molar-refractivity contribution < 1.29 is 18.7 Å². The normalized spacial score (nSPS) is 18.6. The van der Waals surface area contributed by atoms with E-state index in [2.05, 4.69) is 10.6 Å². The molecule has 0 heterocycles. The number of anilines is 2. The first-order chi connectivity index (χ1) is 13.9. The van der Waals surface area contributed by atoms with Crippen molar-refractivity contribution in [1.82, 2.24) is 5.32 Å². The van der Waals surface area contributed by atoms with E-state index in [-0.39, 0.29) is 23.9 Å². The Morgan fingerprint density at radius 3 is 2.59 bits per heavy atom. The molecule has 2 amide bonds. The smallest absolute Gasteiger partial charge is 0.411 e. The first kappa shape index (κ1) is 20.6. The molecule has 1 fully saturated rings. The molecule has 154 valence electrons. The zero-order valence-corrected chi connectivity index (χ0v) is 16.7. The monoisotopic (exact) mass is 399 g/mol. The highest BCUT2D eigenvalue weighted by Crippen LogP contribution is 2.23. The van der Waals surface area contributed by atoms with Crippen LogP contribution >= 0.6 is 0 Å². The van der Waals surface area contributed by atoms with Crippen LogP contribution in [0.2, 0.25) is 0 Å². The minimum Gasteiger partial charge on any atom is -0.446 e. The number of benzene rings is 2. The average molecular weight is 399 g/mol. The van der Waals surface area contributed by atoms with Gasteiger partial charge in [0.05, 0.1) is 0 Å². The molecule has 2 aromatic rings. The van der Waals surface area contributed by atoms with Crippen LogP contribution in [-0.2, 0) is 4.74 Å². The van der Waals surface area contributed by atoms with Crippen LogP contribution < -0.4 is 15.5 Å². The molecule has 3 rings (SSSR count). The fourth-order valence-corrected chi connectivity index (χ4v) is 3.41. The van der Waals surface area contributed by atoms with Gasteiger partial charge in [-0.3, -0.25) is 10.1 Å². The molecule has 2 aromatic carbocycles. The Morgan fingerprint density at radius 2 is 1.86 bits per heavy atom. The summed E-state index contributed by atoms with van der Waals surface area (Å²) in [7, 11) is 3.86. The van der Waals surface area contributed by atoms with Crippen molar-refractivity contribution >= 4 is 23.4 Å². The molecule has 2 unspecified atom stereocenters. The summed E-state index contributed by atoms with van der Waals surface area (Å²) in [6.45, 7) is 0. The summed E-state index contributed by atoms with van der Waals surface area (Å²) in [5.41, 5.74) is 2.03. The second-order valence-corrected chi connectivity index (χ2v) is 7.44. The predicted molar refractivity (Wildman–Crippen MR) is 111 cm³/mol. The summed E-state index contributed by atoms with van der Waals surface area (Å²) < 4.78 is 18.4. The van der Waals surface area contributed by atoms with Gasteiger partial charge in [-0.05, 0) is 61.7 Å². The van der Waals surface area contributed by atoms with E-state index < -0.39 is 6.09 Å². The first-order valence-corrected chi connectivity index (χ1v) is 9.72. The molecule has 1 aliphatic rings. The second kappa shape index (κ2) is 9.41. The van der Waals surface area contributed by atoms with E-state index in [9.17, 15) is 14.0 Å². The number of amides is 2. The fraction of sp³-hybridized carbons (Fsp3) is 0.364. The Bertz CT molecular complexity index is 855. The van der Waals surface area contributed by atoms with E-state index >= 15 is 0 Å². The Labute approximate surface area is 170 Å². The van der Waals surface area contributed by atoms with Gasteiger partial charge in [-0.2, -0.15) is 0 Å². The number of rotatable bonds is 5. The SMILES string of the molecule is CN(C)c1cccc(C(=O)NC2CCCC(OC(=O)Nc3ccc(F)cc3)C2)c1. The summed E-state index contributed by atoms with van der Waals surface area (Å²) in [6.07, 6.45) is 2.17. The highest BCUT2D eigenvalue weighted by atomic mass is 19.1. The van der Waals surface area contributed by atoms with Crippen LogP contribution in [0.4, 0.5) is 20.6 Å². The predicted octanol–water partition coefficient (Wildman–Crippen LogP) is 4.18. The molecule has 1 saturated carbocycles. The number of hydrogen-bond acceptors (Lipinski definition) is 4. The van der Waals surface area contributed by atoms with Gasteiger partial charge in [-0.1, -0.05) is 6.07 Å². The fourth-order valence-electron chi connectivity index (χ4n) is 3.41. The van der Waals surface area contributed by atoms with Crippen LogP contribution in [-0.4, -0.2) is 38.2 Å². The molecule has 0 aliphatic heterocycles. The molecule has 1 aliphatic carbocycles. The van der Waals surface area contributed by atoms with Crippen molar-refractivity contribution in [2.75, 3.05) is 24.3 Å². The Kier molecular flexibility index (Phi) is 6.69. The first-order valence-electron chi connectivity index (χ1n) is 9.72. The summed E-state index contributed by atoms with van der Waals surface area (Å²) >= 11 is 0. The minimum atomic E-state index is -0.577. The highest BCUT2D eigenvalue weighted by Gasteiger charge is 2.26. The molecular weight excluding hydrogens is 373 g/mol. The summed E-state index contributed by atoms with van der Waals surface area (Å²) in [5.74, 6) is -0.499. The third kappa shape index (κ3) is 5.94. The van der Waals surface area contributed by atoms with Gasteiger partial charge >= 0.3 is 6.09 Å². The molecule has 0 saturated heterocycles. The summed E-state index contributed by atoms with van der Waals surface area (Å²) in [4.78, 5) is 26.6. The van der Waals surface area contributed by atoms with E-state index in [1.807, 2.05) is 37.2 Å². The van der Waals surface area contributed by atoms with Crippen molar-refractivity contribution in [3.8, 4) is 0 Å². The second-order valence-electron chi connectivity index (χ2n) is 7.44. The highest BCUT2D eigenvalue weighted by molar-refractivity contribution is 5.95. The van der Waals surface area contributed by atoms with Crippen LogP contribution in [0.1, 0.15) is 36.0 Å². The number of carbonyl (C=O) groups excluding carboxylic acids is 2. The topological polar surface area (TPSA) is 70.7 Å². The molecule has 29 heavy (non-hydrogen) atoms. The minimum absolute atomic E-state index is 0.0529. The number of halogens is 1. The molecule has 6 nitrogen and oxygen atoms in total. The lowest BCUT2D eigenvalue weighted by molar-refractivity contribution is 0.0712. The van der Waals surface area contributed by atoms with Crippen LogP contribution in [0.3, 0.4) is 0 Å². The van der Waals surface area contributed by atoms with Gasteiger partial charge in [0, 0.05) is 43.5 Å². The van der Waals surface area contributed by atoms with Gasteiger partial charge in [-0.25, -0.2) is 9.18 Å². The lowest BCUT2D eigenvalue weighted by Crippen LogP contribution is -2.41. The summed E-state index contributed by atoms with van der Waals surface area (Å²) in [5, 5.41) is 5.64.